The molecule has 1 heterocycles. The third-order valence-electron chi connectivity index (χ3n) is 4.57. The molecule has 0 N–H and O–H groups in total. The van der Waals surface area contributed by atoms with Crippen LogP contribution in [0.1, 0.15) is 45.1 Å². The van der Waals surface area contributed by atoms with Gasteiger partial charge in [0.1, 0.15) is 0 Å². The average molecular weight is 335 g/mol. The van der Waals surface area contributed by atoms with Gasteiger partial charge in [-0.05, 0) is 37.5 Å². The van der Waals surface area contributed by atoms with Crippen LogP contribution in [0, 0.1) is 5.41 Å². The molecule has 5 heteroatoms. The fraction of sp³-hybridized carbons (Fsp3) is 0.444. The van der Waals surface area contributed by atoms with E-state index in [4.69, 9.17) is 21.1 Å². The molecule has 1 fully saturated rings. The van der Waals surface area contributed by atoms with E-state index in [-0.39, 0.29) is 5.92 Å². The van der Waals surface area contributed by atoms with Gasteiger partial charge in [-0.25, -0.2) is 0 Å². The van der Waals surface area contributed by atoms with Crippen molar-refractivity contribution in [2.75, 3.05) is 0 Å². The molecule has 3 rings (SSSR count). The van der Waals surface area contributed by atoms with E-state index in [1.165, 1.54) is 0 Å². The second-order valence-electron chi connectivity index (χ2n) is 6.71. The van der Waals surface area contributed by atoms with E-state index < -0.39 is 23.1 Å². The Bertz CT molecular complexity index is 667. The fourth-order valence-electron chi connectivity index (χ4n) is 3.34. The maximum Gasteiger partial charge on any atom is 0.327 e. The van der Waals surface area contributed by atoms with E-state index in [0.29, 0.717) is 17.9 Å². The van der Waals surface area contributed by atoms with Crippen molar-refractivity contribution in [1.29, 1.82) is 0 Å². The van der Waals surface area contributed by atoms with Crippen molar-refractivity contribution in [3.05, 3.63) is 46.5 Å². The lowest BCUT2D eigenvalue weighted by molar-refractivity contribution is -0.253. The zero-order valence-electron chi connectivity index (χ0n) is 13.4. The summed E-state index contributed by atoms with van der Waals surface area (Å²) in [6.07, 6.45) is 2.82. The Hall–Kier alpha value is -1.81. The molecule has 1 spiro atoms. The van der Waals surface area contributed by atoms with Crippen molar-refractivity contribution in [3.63, 3.8) is 0 Å². The second kappa shape index (κ2) is 5.38. The van der Waals surface area contributed by atoms with Crippen molar-refractivity contribution in [2.45, 2.75) is 45.3 Å². The Morgan fingerprint density at radius 2 is 1.65 bits per heavy atom. The summed E-state index contributed by atoms with van der Waals surface area (Å²) in [7, 11) is 0. The Kier molecular flexibility index (Phi) is 3.75. The SMILES string of the molecule is CC1=CCC2(C(=O)OC(C)(C)OC2=O)[C@H](c2ccc(Cl)cc2)C1. The number of hydrogen-bond acceptors (Lipinski definition) is 4. The van der Waals surface area contributed by atoms with Crippen molar-refractivity contribution < 1.29 is 19.1 Å². The molecule has 4 nitrogen and oxygen atoms in total. The summed E-state index contributed by atoms with van der Waals surface area (Å²) in [6, 6.07) is 7.24. The van der Waals surface area contributed by atoms with E-state index in [1.54, 1.807) is 26.0 Å². The van der Waals surface area contributed by atoms with Crippen LogP contribution < -0.4 is 0 Å². The highest BCUT2D eigenvalue weighted by atomic mass is 35.5. The standard InChI is InChI=1S/C18H19ClO4/c1-11-8-9-18(15(20)22-17(2,3)23-16(18)21)14(10-11)12-4-6-13(19)7-5-12/h4-8,14H,9-10H2,1-3H3/t14-/m0/s1. The lowest BCUT2D eigenvalue weighted by atomic mass is 9.64. The molecule has 1 aromatic carbocycles. The lowest BCUT2D eigenvalue weighted by Gasteiger charge is -2.45. The molecule has 1 aliphatic carbocycles. The third kappa shape index (κ3) is 2.65. The summed E-state index contributed by atoms with van der Waals surface area (Å²) >= 11 is 5.96. The van der Waals surface area contributed by atoms with Crippen molar-refractivity contribution >= 4 is 23.5 Å². The zero-order valence-corrected chi connectivity index (χ0v) is 14.1. The van der Waals surface area contributed by atoms with Gasteiger partial charge in [-0.1, -0.05) is 35.4 Å². The van der Waals surface area contributed by atoms with Crippen LogP contribution in [0.15, 0.2) is 35.9 Å². The van der Waals surface area contributed by atoms with Crippen molar-refractivity contribution in [1.82, 2.24) is 0 Å². The molecule has 0 amide bonds. The summed E-state index contributed by atoms with van der Waals surface area (Å²) in [5, 5.41) is 0.612. The predicted octanol–water partition coefficient (Wildman–Crippen LogP) is 3.99. The van der Waals surface area contributed by atoms with E-state index in [2.05, 4.69) is 0 Å². The monoisotopic (exact) mass is 334 g/mol. The molecule has 0 saturated carbocycles. The van der Waals surface area contributed by atoms with Gasteiger partial charge in [-0.2, -0.15) is 0 Å². The lowest BCUT2D eigenvalue weighted by Crippen LogP contribution is -2.57. The first-order valence-corrected chi connectivity index (χ1v) is 8.00. The van der Waals surface area contributed by atoms with Gasteiger partial charge in [-0.15, -0.1) is 0 Å². The summed E-state index contributed by atoms with van der Waals surface area (Å²) in [5.74, 6) is -2.56. The molecule has 2 aliphatic rings. The number of rotatable bonds is 1. The highest BCUT2D eigenvalue weighted by Crippen LogP contribution is 2.51. The van der Waals surface area contributed by atoms with Gasteiger partial charge in [0.25, 0.3) is 5.79 Å². The number of benzene rings is 1. The molecule has 1 aromatic rings. The Balaban J connectivity index is 2.09. The van der Waals surface area contributed by atoms with Crippen LogP contribution in [0.3, 0.4) is 0 Å². The Morgan fingerprint density at radius 3 is 2.22 bits per heavy atom. The number of allylic oxidation sites excluding steroid dienone is 2. The normalized spacial score (nSPS) is 25.6. The largest absolute Gasteiger partial charge is 0.422 e. The molecule has 0 bridgehead atoms. The molecular formula is C18H19ClO4. The molecule has 0 aromatic heterocycles. The van der Waals surface area contributed by atoms with E-state index in [0.717, 1.165) is 11.1 Å². The third-order valence-corrected chi connectivity index (χ3v) is 4.82. The first-order chi connectivity index (χ1) is 10.7. The zero-order chi connectivity index (χ0) is 16.8. The molecule has 1 saturated heterocycles. The number of halogens is 1. The van der Waals surface area contributed by atoms with Crippen LogP contribution in [-0.4, -0.2) is 17.7 Å². The molecule has 23 heavy (non-hydrogen) atoms. The molecule has 122 valence electrons. The molecular weight excluding hydrogens is 316 g/mol. The predicted molar refractivity (Wildman–Crippen MR) is 85.9 cm³/mol. The highest BCUT2D eigenvalue weighted by molar-refractivity contribution is 6.30. The number of hydrogen-bond donors (Lipinski definition) is 0. The van der Waals surface area contributed by atoms with Crippen LogP contribution in [0.2, 0.25) is 5.02 Å². The maximum absolute atomic E-state index is 12.8. The molecule has 1 aliphatic heterocycles. The summed E-state index contributed by atoms with van der Waals surface area (Å²) in [5.41, 5.74) is 0.708. The summed E-state index contributed by atoms with van der Waals surface area (Å²) in [4.78, 5) is 25.6. The van der Waals surface area contributed by atoms with Gasteiger partial charge in [0.15, 0.2) is 5.41 Å². The summed E-state index contributed by atoms with van der Waals surface area (Å²) < 4.78 is 10.8. The number of esters is 2. The van der Waals surface area contributed by atoms with Gasteiger partial charge in [-0.3, -0.25) is 9.59 Å². The molecule has 0 unspecified atom stereocenters. The van der Waals surface area contributed by atoms with Gasteiger partial charge < -0.3 is 9.47 Å². The fourth-order valence-corrected chi connectivity index (χ4v) is 3.46. The average Bonchev–Trinajstić information content (AvgIpc) is 2.45. The number of ether oxygens (including phenoxy) is 2. The van der Waals surface area contributed by atoms with Gasteiger partial charge in [0.2, 0.25) is 0 Å². The van der Waals surface area contributed by atoms with E-state index >= 15 is 0 Å². The Labute approximate surface area is 140 Å². The van der Waals surface area contributed by atoms with Crippen LogP contribution in [0.4, 0.5) is 0 Å². The van der Waals surface area contributed by atoms with Crippen LogP contribution >= 0.6 is 11.6 Å². The highest BCUT2D eigenvalue weighted by Gasteiger charge is 2.61. The quantitative estimate of drug-likeness (QED) is 0.443. The minimum Gasteiger partial charge on any atom is -0.422 e. The van der Waals surface area contributed by atoms with Crippen LogP contribution in [0.5, 0.6) is 0 Å². The maximum atomic E-state index is 12.8. The first kappa shape index (κ1) is 16.1. The van der Waals surface area contributed by atoms with Crippen molar-refractivity contribution in [2.24, 2.45) is 5.41 Å². The second-order valence-corrected chi connectivity index (χ2v) is 7.15. The van der Waals surface area contributed by atoms with E-state index in [9.17, 15) is 9.59 Å². The van der Waals surface area contributed by atoms with Gasteiger partial charge in [0.05, 0.1) is 0 Å². The number of cyclic esters (lactones) is 2. The topological polar surface area (TPSA) is 52.6 Å². The van der Waals surface area contributed by atoms with Crippen molar-refractivity contribution in [3.8, 4) is 0 Å². The van der Waals surface area contributed by atoms with Gasteiger partial charge >= 0.3 is 11.9 Å². The summed E-state index contributed by atoms with van der Waals surface area (Å²) in [6.45, 7) is 5.13. The van der Waals surface area contributed by atoms with E-state index in [1.807, 2.05) is 25.1 Å². The van der Waals surface area contributed by atoms with Crippen LogP contribution in [0.25, 0.3) is 0 Å². The molecule has 0 radical (unpaired) electrons. The Morgan fingerprint density at radius 1 is 1.09 bits per heavy atom. The molecule has 1 atom stereocenters. The minimum absolute atomic E-state index is 0.292. The first-order valence-electron chi connectivity index (χ1n) is 7.62. The van der Waals surface area contributed by atoms with Gasteiger partial charge in [0, 0.05) is 24.8 Å². The number of carbonyl (C=O) groups is 2. The van der Waals surface area contributed by atoms with Crippen LogP contribution in [-0.2, 0) is 19.1 Å². The smallest absolute Gasteiger partial charge is 0.327 e. The minimum atomic E-state index is -1.32. The number of carbonyl (C=O) groups excluding carboxylic acids is 2.